The second kappa shape index (κ2) is 16.7. The molecule has 1 spiro atoms. The van der Waals surface area contributed by atoms with Crippen molar-refractivity contribution in [3.05, 3.63) is 107 Å². The van der Waals surface area contributed by atoms with Crippen LogP contribution < -0.4 is 27.0 Å². The van der Waals surface area contributed by atoms with Gasteiger partial charge in [0.2, 0.25) is 29.5 Å². The maximum atomic E-state index is 14.1. The lowest BCUT2D eigenvalue weighted by Crippen LogP contribution is -2.65. The van der Waals surface area contributed by atoms with Crippen LogP contribution in [0.25, 0.3) is 0 Å². The monoisotopic (exact) mass is 703 g/mol. The maximum absolute atomic E-state index is 14.1. The Kier molecular flexibility index (Phi) is 12.2. The first kappa shape index (κ1) is 36.4. The Labute approximate surface area is 290 Å². The Morgan fingerprint density at radius 2 is 1.34 bits per heavy atom. The van der Waals surface area contributed by atoms with E-state index in [9.17, 15) is 28.5 Å². The van der Waals surface area contributed by atoms with Crippen LogP contribution in [0.4, 0.5) is 0 Å². The van der Waals surface area contributed by atoms with Gasteiger partial charge in [-0.15, -0.1) is 0 Å². The van der Waals surface area contributed by atoms with Crippen LogP contribution in [0.1, 0.15) is 66.8 Å². The van der Waals surface area contributed by atoms with Gasteiger partial charge in [-0.1, -0.05) is 104 Å². The highest BCUT2D eigenvalue weighted by Gasteiger charge is 2.44. The molecule has 264 valence electrons. The van der Waals surface area contributed by atoms with Gasteiger partial charge in [0, 0.05) is 0 Å². The molecule has 1 aliphatic carbocycles. The van der Waals surface area contributed by atoms with Crippen LogP contribution >= 0.6 is 7.60 Å². The topological polar surface area (TPSA) is 195 Å². The molecule has 3 aromatic carbocycles. The number of hydrogen-bond donors (Lipinski definition) is 5. The third kappa shape index (κ3) is 9.87. The number of nitrogens with two attached hydrogens (primary N) is 1. The summed E-state index contributed by atoms with van der Waals surface area (Å²) in [7, 11) is -3.69. The third-order valence-corrected chi connectivity index (χ3v) is 10.6. The van der Waals surface area contributed by atoms with E-state index in [0.29, 0.717) is 36.8 Å². The highest BCUT2D eigenvalue weighted by molar-refractivity contribution is 7.52. The molecule has 1 heterocycles. The maximum Gasteiger partial charge on any atom is 0.335 e. The van der Waals surface area contributed by atoms with E-state index in [0.717, 1.165) is 17.5 Å². The highest BCUT2D eigenvalue weighted by Crippen LogP contribution is 2.53. The van der Waals surface area contributed by atoms with Gasteiger partial charge in [-0.25, -0.2) is 0 Å². The molecule has 1 saturated carbocycles. The molecule has 2 atom stereocenters. The molecule has 2 fully saturated rings. The van der Waals surface area contributed by atoms with Crippen molar-refractivity contribution in [1.82, 2.24) is 21.3 Å². The molecule has 0 aromatic heterocycles. The van der Waals surface area contributed by atoms with Gasteiger partial charge in [-0.3, -0.25) is 28.5 Å². The van der Waals surface area contributed by atoms with Crippen LogP contribution in [0.5, 0.6) is 0 Å². The van der Waals surface area contributed by atoms with E-state index in [1.807, 2.05) is 60.7 Å². The van der Waals surface area contributed by atoms with Gasteiger partial charge in [0.15, 0.2) is 0 Å². The van der Waals surface area contributed by atoms with Gasteiger partial charge in [-0.05, 0) is 35.1 Å². The summed E-state index contributed by atoms with van der Waals surface area (Å²) < 4.78 is 25.9. The Morgan fingerprint density at radius 3 is 1.90 bits per heavy atom. The highest BCUT2D eigenvalue weighted by atomic mass is 31.2. The fraction of sp³-hybridized carbons (Fsp3) is 0.361. The van der Waals surface area contributed by atoms with Crippen LogP contribution in [-0.4, -0.2) is 47.7 Å². The first-order valence-electron chi connectivity index (χ1n) is 16.6. The van der Waals surface area contributed by atoms with Gasteiger partial charge in [0.05, 0.1) is 32.3 Å². The van der Waals surface area contributed by atoms with Crippen molar-refractivity contribution in [2.24, 2.45) is 5.73 Å². The zero-order valence-corrected chi connectivity index (χ0v) is 28.5. The van der Waals surface area contributed by atoms with Gasteiger partial charge < -0.3 is 36.0 Å². The van der Waals surface area contributed by atoms with Crippen molar-refractivity contribution in [3.63, 3.8) is 0 Å². The molecule has 6 N–H and O–H groups in total. The van der Waals surface area contributed by atoms with Crippen molar-refractivity contribution in [3.8, 4) is 0 Å². The molecule has 3 aromatic rings. The summed E-state index contributed by atoms with van der Waals surface area (Å²) >= 11 is 0. The predicted octanol–water partition coefficient (Wildman–Crippen LogP) is 3.28. The van der Waals surface area contributed by atoms with E-state index in [1.54, 1.807) is 24.3 Å². The summed E-state index contributed by atoms with van der Waals surface area (Å²) in [6.07, 6.45) is 2.21. The van der Waals surface area contributed by atoms with Crippen molar-refractivity contribution in [2.75, 3.05) is 6.54 Å². The van der Waals surface area contributed by atoms with Crippen LogP contribution in [0.3, 0.4) is 0 Å². The molecule has 14 heteroatoms. The molecule has 5 rings (SSSR count). The summed E-state index contributed by atoms with van der Waals surface area (Å²) in [6, 6.07) is 22.7. The molecular formula is C36H42N5O8P. The molecule has 2 aliphatic rings. The van der Waals surface area contributed by atoms with E-state index in [-0.39, 0.29) is 19.4 Å². The minimum Gasteiger partial charge on any atom is -0.370 e. The lowest BCUT2D eigenvalue weighted by molar-refractivity contribution is -0.140. The molecular weight excluding hydrogens is 661 g/mol. The number of benzene rings is 3. The van der Waals surface area contributed by atoms with Gasteiger partial charge >= 0.3 is 7.60 Å². The predicted molar refractivity (Wildman–Crippen MR) is 184 cm³/mol. The van der Waals surface area contributed by atoms with E-state index < -0.39 is 67.7 Å². The van der Waals surface area contributed by atoms with Gasteiger partial charge in [0.25, 0.3) is 0 Å². The second-order valence-corrected chi connectivity index (χ2v) is 14.6. The number of carbonyl (C=O) groups is 5. The van der Waals surface area contributed by atoms with E-state index in [2.05, 4.69) is 21.3 Å². The smallest absolute Gasteiger partial charge is 0.335 e. The summed E-state index contributed by atoms with van der Waals surface area (Å²) in [6.45, 7) is -0.361. The van der Waals surface area contributed by atoms with Gasteiger partial charge in [-0.2, -0.15) is 0 Å². The van der Waals surface area contributed by atoms with Crippen molar-refractivity contribution in [2.45, 2.75) is 75.5 Å². The number of primary amides is 1. The van der Waals surface area contributed by atoms with Crippen LogP contribution in [0.15, 0.2) is 84.9 Å². The SMILES string of the molecule is NC(=O)C[C@@H]1NC(=O)C2(CCCCC2)NC(=O)[C@@H](c2ccc(CP(=O)(OCc3ccccc3)OCc3ccccc3)cc2)NC(=O)CNC1=O. The van der Waals surface area contributed by atoms with E-state index in [1.165, 1.54) is 0 Å². The largest absolute Gasteiger partial charge is 0.370 e. The van der Waals surface area contributed by atoms with Gasteiger partial charge in [0.1, 0.15) is 17.6 Å². The normalized spacial score (nSPS) is 20.0. The van der Waals surface area contributed by atoms with Crippen LogP contribution in [0.2, 0.25) is 0 Å². The van der Waals surface area contributed by atoms with Crippen molar-refractivity contribution < 1.29 is 37.6 Å². The third-order valence-electron chi connectivity index (χ3n) is 8.75. The number of amides is 5. The first-order valence-corrected chi connectivity index (χ1v) is 18.3. The number of nitrogens with one attached hydrogen (secondary N) is 4. The number of rotatable bonds is 11. The average molecular weight is 704 g/mol. The summed E-state index contributed by atoms with van der Waals surface area (Å²) in [5.41, 5.74) is 6.62. The lowest BCUT2D eigenvalue weighted by Gasteiger charge is -2.39. The second-order valence-electron chi connectivity index (χ2n) is 12.6. The number of hydrogen-bond acceptors (Lipinski definition) is 8. The molecule has 0 bridgehead atoms. The molecule has 0 unspecified atom stereocenters. The summed E-state index contributed by atoms with van der Waals surface area (Å²) in [5.74, 6) is -3.45. The van der Waals surface area contributed by atoms with Crippen molar-refractivity contribution >= 4 is 37.1 Å². The van der Waals surface area contributed by atoms with E-state index >= 15 is 0 Å². The summed E-state index contributed by atoms with van der Waals surface area (Å²) in [4.78, 5) is 65.2. The Hall–Kier alpha value is -4.84. The molecule has 0 radical (unpaired) electrons. The lowest BCUT2D eigenvalue weighted by atomic mass is 9.80. The molecule has 50 heavy (non-hydrogen) atoms. The number of carbonyl (C=O) groups excluding carboxylic acids is 5. The fourth-order valence-electron chi connectivity index (χ4n) is 6.04. The molecule has 1 aliphatic heterocycles. The Morgan fingerprint density at radius 1 is 0.760 bits per heavy atom. The molecule has 1 saturated heterocycles. The van der Waals surface area contributed by atoms with Crippen LogP contribution in [0, 0.1) is 0 Å². The fourth-order valence-corrected chi connectivity index (χ4v) is 7.65. The summed E-state index contributed by atoms with van der Waals surface area (Å²) in [5, 5.41) is 10.6. The Bertz CT molecular complexity index is 1670. The zero-order chi connectivity index (χ0) is 35.6. The Balaban J connectivity index is 1.37. The minimum absolute atomic E-state index is 0.0576. The van der Waals surface area contributed by atoms with Crippen LogP contribution in [-0.2, 0) is 57.0 Å². The first-order chi connectivity index (χ1) is 24.0. The standard InChI is InChI=1S/C36H42N5O8P/c37-30(42)20-29-33(44)38-21-31(43)40-32(34(45)41-36(35(46)39-29)18-8-3-9-19-36)28-16-14-27(15-17-28)24-50(47,48-22-25-10-4-1-5-11-25)49-23-26-12-6-2-7-13-26/h1-2,4-7,10-17,29,32H,3,8-9,18-24H2,(H2,37,42)(H,38,44)(H,39,46)(H,40,43)(H,41,45)/t29-,32+/m0/s1. The zero-order valence-electron chi connectivity index (χ0n) is 27.6. The average Bonchev–Trinajstić information content (AvgIpc) is 3.12. The van der Waals surface area contributed by atoms with Crippen molar-refractivity contribution in [1.29, 1.82) is 0 Å². The molecule has 13 nitrogen and oxygen atoms in total. The quantitative estimate of drug-likeness (QED) is 0.188. The minimum atomic E-state index is -3.69. The molecule has 5 amide bonds. The van der Waals surface area contributed by atoms with E-state index in [4.69, 9.17) is 14.8 Å².